The Balaban J connectivity index is 0.745. The molecule has 8 aromatic rings. The standard InChI is InChI=1S/C46H50N6/c1-47-39-13-5-3-9-35(39)45-37-11-7-23-51(41(37)15-17-43(45)47)31-29-49-25-19-33(20-26-49)34-21-27-50(28-22-34)30-32-52-24-8-12-38-42(52)16-18-44-46(38)36-10-4-6-14-40(36)48(44)2/h3-18,23-24,33-34H,19-22,25-32H2,1-2H3/q+2. The van der Waals surface area contributed by atoms with Crippen LogP contribution in [0, 0.1) is 11.8 Å². The molecule has 6 heterocycles. The van der Waals surface area contributed by atoms with Crippen molar-refractivity contribution >= 4 is 65.4 Å². The van der Waals surface area contributed by atoms with Crippen LogP contribution in [0.3, 0.4) is 0 Å². The summed E-state index contributed by atoms with van der Waals surface area (Å²) in [5.74, 6) is 1.78. The summed E-state index contributed by atoms with van der Waals surface area (Å²) in [6, 6.07) is 36.0. The molecule has 6 heteroatoms. The lowest BCUT2D eigenvalue weighted by Gasteiger charge is -2.39. The summed E-state index contributed by atoms with van der Waals surface area (Å²) in [5, 5.41) is 8.18. The van der Waals surface area contributed by atoms with Gasteiger partial charge in [0.1, 0.15) is 0 Å². The van der Waals surface area contributed by atoms with E-state index in [2.05, 4.69) is 152 Å². The van der Waals surface area contributed by atoms with Crippen LogP contribution in [0.1, 0.15) is 25.7 Å². The van der Waals surface area contributed by atoms with Crippen LogP contribution in [-0.4, -0.2) is 58.2 Å². The molecule has 2 aliphatic heterocycles. The molecule has 6 nitrogen and oxygen atoms in total. The number of likely N-dealkylation sites (tertiary alicyclic amines) is 2. The summed E-state index contributed by atoms with van der Waals surface area (Å²) in [5.41, 5.74) is 7.91. The van der Waals surface area contributed by atoms with Crippen LogP contribution in [0.25, 0.3) is 65.4 Å². The molecule has 0 amide bonds. The highest BCUT2D eigenvalue weighted by Gasteiger charge is 2.30. The Morgan fingerprint density at radius 1 is 0.462 bits per heavy atom. The predicted molar refractivity (Wildman–Crippen MR) is 215 cm³/mol. The van der Waals surface area contributed by atoms with Crippen LogP contribution < -0.4 is 9.13 Å². The second kappa shape index (κ2) is 13.0. The predicted octanol–water partition coefficient (Wildman–Crippen LogP) is 7.98. The van der Waals surface area contributed by atoms with Gasteiger partial charge in [-0.3, -0.25) is 9.80 Å². The van der Waals surface area contributed by atoms with Crippen molar-refractivity contribution < 1.29 is 9.13 Å². The van der Waals surface area contributed by atoms with Crippen LogP contribution in [-0.2, 0) is 27.2 Å². The first kappa shape index (κ1) is 31.9. The quantitative estimate of drug-likeness (QED) is 0.159. The fourth-order valence-corrected chi connectivity index (χ4v) is 10.2. The zero-order valence-electron chi connectivity index (χ0n) is 30.7. The van der Waals surface area contributed by atoms with Crippen molar-refractivity contribution in [3.05, 3.63) is 109 Å². The summed E-state index contributed by atoms with van der Waals surface area (Å²) in [6.45, 7) is 9.30. The van der Waals surface area contributed by atoms with Gasteiger partial charge in [0, 0.05) is 82.0 Å². The molecule has 0 unspecified atom stereocenters. The van der Waals surface area contributed by atoms with E-state index in [1.165, 1.54) is 117 Å². The molecule has 2 aliphatic rings. The molecule has 2 saturated heterocycles. The van der Waals surface area contributed by atoms with Crippen LogP contribution in [0.2, 0.25) is 0 Å². The minimum absolute atomic E-state index is 0.888. The molecule has 0 N–H and O–H groups in total. The third-order valence-corrected chi connectivity index (χ3v) is 13.1. The molecule has 0 aliphatic carbocycles. The van der Waals surface area contributed by atoms with Gasteiger partial charge in [-0.15, -0.1) is 0 Å². The molecule has 0 spiro atoms. The van der Waals surface area contributed by atoms with E-state index in [-0.39, 0.29) is 0 Å². The lowest BCUT2D eigenvalue weighted by Crippen LogP contribution is -2.46. The van der Waals surface area contributed by atoms with E-state index in [9.17, 15) is 0 Å². The Kier molecular flexibility index (Phi) is 7.99. The Labute approximate surface area is 306 Å². The first-order valence-electron chi connectivity index (χ1n) is 19.6. The number of pyridine rings is 2. The molecule has 0 radical (unpaired) electrons. The number of piperidine rings is 2. The maximum absolute atomic E-state index is 2.72. The van der Waals surface area contributed by atoms with Gasteiger partial charge in [0.25, 0.3) is 0 Å². The summed E-state index contributed by atoms with van der Waals surface area (Å²) >= 11 is 0. The van der Waals surface area contributed by atoms with E-state index in [1.54, 1.807) is 0 Å². The first-order valence-corrected chi connectivity index (χ1v) is 19.6. The van der Waals surface area contributed by atoms with Crippen molar-refractivity contribution in [3.8, 4) is 0 Å². The number of aromatic nitrogens is 4. The number of fused-ring (bicyclic) bond motifs is 10. The lowest BCUT2D eigenvalue weighted by atomic mass is 9.79. The number of aryl methyl sites for hydroxylation is 2. The summed E-state index contributed by atoms with van der Waals surface area (Å²) in [7, 11) is 4.38. The number of hydrogen-bond acceptors (Lipinski definition) is 2. The molecule has 4 aromatic heterocycles. The number of rotatable bonds is 7. The minimum Gasteiger partial charge on any atom is -0.344 e. The van der Waals surface area contributed by atoms with Crippen LogP contribution in [0.5, 0.6) is 0 Å². The molecule has 0 saturated carbocycles. The van der Waals surface area contributed by atoms with Crippen LogP contribution in [0.4, 0.5) is 0 Å². The molecule has 52 heavy (non-hydrogen) atoms. The maximum Gasteiger partial charge on any atom is 0.213 e. The smallest absolute Gasteiger partial charge is 0.213 e. The average molecular weight is 687 g/mol. The Morgan fingerprint density at radius 3 is 1.31 bits per heavy atom. The van der Waals surface area contributed by atoms with Crippen LogP contribution >= 0.6 is 0 Å². The maximum atomic E-state index is 2.72. The third-order valence-electron chi connectivity index (χ3n) is 13.1. The van der Waals surface area contributed by atoms with Gasteiger partial charge in [-0.2, -0.15) is 9.13 Å². The second-order valence-electron chi connectivity index (χ2n) is 15.7. The highest BCUT2D eigenvalue weighted by atomic mass is 15.2. The van der Waals surface area contributed by atoms with Crippen molar-refractivity contribution in [2.45, 2.75) is 38.8 Å². The lowest BCUT2D eigenvalue weighted by molar-refractivity contribution is -0.671. The number of benzene rings is 4. The largest absolute Gasteiger partial charge is 0.344 e. The topological polar surface area (TPSA) is 24.1 Å². The van der Waals surface area contributed by atoms with Crippen molar-refractivity contribution in [1.82, 2.24) is 18.9 Å². The van der Waals surface area contributed by atoms with Crippen molar-refractivity contribution in [2.24, 2.45) is 25.9 Å². The average Bonchev–Trinajstić information content (AvgIpc) is 3.67. The van der Waals surface area contributed by atoms with Gasteiger partial charge in [0.15, 0.2) is 25.5 Å². The molecule has 4 aromatic carbocycles. The van der Waals surface area contributed by atoms with E-state index >= 15 is 0 Å². The van der Waals surface area contributed by atoms with Gasteiger partial charge in [0.2, 0.25) is 11.0 Å². The molecule has 0 bridgehead atoms. The molecule has 0 atom stereocenters. The summed E-state index contributed by atoms with van der Waals surface area (Å²) < 4.78 is 9.64. The van der Waals surface area contributed by atoms with Gasteiger partial charge < -0.3 is 9.13 Å². The Hall–Kier alpha value is -4.78. The fourth-order valence-electron chi connectivity index (χ4n) is 10.2. The number of para-hydroxylation sites is 2. The van der Waals surface area contributed by atoms with E-state index in [0.29, 0.717) is 0 Å². The van der Waals surface area contributed by atoms with Crippen molar-refractivity contribution in [3.63, 3.8) is 0 Å². The van der Waals surface area contributed by atoms with Crippen molar-refractivity contribution in [1.29, 1.82) is 0 Å². The van der Waals surface area contributed by atoms with E-state index < -0.39 is 0 Å². The molecule has 262 valence electrons. The van der Waals surface area contributed by atoms with Crippen LogP contribution in [0.15, 0.2) is 109 Å². The van der Waals surface area contributed by atoms with Gasteiger partial charge in [-0.05, 0) is 100 Å². The zero-order valence-corrected chi connectivity index (χ0v) is 30.7. The highest BCUT2D eigenvalue weighted by Crippen LogP contribution is 2.35. The van der Waals surface area contributed by atoms with Gasteiger partial charge >= 0.3 is 0 Å². The number of hydrogen-bond donors (Lipinski definition) is 0. The molecular weight excluding hydrogens is 637 g/mol. The Morgan fingerprint density at radius 2 is 0.865 bits per heavy atom. The normalized spacial score (nSPS) is 17.2. The highest BCUT2D eigenvalue weighted by molar-refractivity contribution is 6.20. The summed E-state index contributed by atoms with van der Waals surface area (Å²) in [6.07, 6.45) is 9.99. The number of nitrogens with zero attached hydrogens (tertiary/aromatic N) is 6. The molecule has 10 rings (SSSR count). The zero-order chi connectivity index (χ0) is 34.8. The summed E-state index contributed by atoms with van der Waals surface area (Å²) in [4.78, 5) is 5.45. The van der Waals surface area contributed by atoms with Gasteiger partial charge in [0.05, 0.1) is 23.9 Å². The first-order chi connectivity index (χ1) is 25.6. The monoisotopic (exact) mass is 686 g/mol. The second-order valence-corrected chi connectivity index (χ2v) is 15.7. The van der Waals surface area contributed by atoms with E-state index in [4.69, 9.17) is 0 Å². The fraction of sp³-hybridized carbons (Fsp3) is 0.348. The van der Waals surface area contributed by atoms with Crippen molar-refractivity contribution in [2.75, 3.05) is 39.3 Å². The van der Waals surface area contributed by atoms with Gasteiger partial charge in [-0.25, -0.2) is 0 Å². The third kappa shape index (κ3) is 5.30. The SMILES string of the molecule is Cn1c2ccccc2c2c3ccc[n+](CCN4CCC(C5CCN(CC[n+]6cccc7c8c9ccccc9n(C)c8ccc76)CC5)CC4)c3ccc21. The molecule has 2 fully saturated rings. The van der Waals surface area contributed by atoms with E-state index in [0.717, 1.165) is 38.0 Å². The molecular formula is C46H50N6+2. The van der Waals surface area contributed by atoms with Gasteiger partial charge in [-0.1, -0.05) is 36.4 Å². The Bertz CT molecular complexity index is 2410. The van der Waals surface area contributed by atoms with E-state index in [1.807, 2.05) is 0 Å². The minimum atomic E-state index is 0.888.